The fourth-order valence-corrected chi connectivity index (χ4v) is 3.11. The van der Waals surface area contributed by atoms with Gasteiger partial charge in [0.1, 0.15) is 0 Å². The minimum absolute atomic E-state index is 0.184. The van der Waals surface area contributed by atoms with Gasteiger partial charge in [-0.05, 0) is 35.2 Å². The molecule has 0 atom stereocenters. The van der Waals surface area contributed by atoms with Gasteiger partial charge in [-0.25, -0.2) is 4.79 Å². The Hall–Kier alpha value is -2.60. The number of nitrogens with one attached hydrogen (secondary N) is 1. The van der Waals surface area contributed by atoms with Gasteiger partial charge < -0.3 is 15.0 Å². The fourth-order valence-electron chi connectivity index (χ4n) is 2.90. The van der Waals surface area contributed by atoms with Gasteiger partial charge in [-0.2, -0.15) is 0 Å². The number of aromatic nitrogens is 1. The molecule has 1 aliphatic rings. The predicted molar refractivity (Wildman–Crippen MR) is 93.4 cm³/mol. The van der Waals surface area contributed by atoms with Crippen LogP contribution in [0.3, 0.4) is 0 Å². The lowest BCUT2D eigenvalue weighted by molar-refractivity contribution is 0.0948. The maximum Gasteiger partial charge on any atom is 0.409 e. The van der Waals surface area contributed by atoms with Crippen molar-refractivity contribution in [1.82, 2.24) is 15.2 Å². The van der Waals surface area contributed by atoms with E-state index in [1.807, 2.05) is 18.2 Å². The van der Waals surface area contributed by atoms with Crippen molar-refractivity contribution < 1.29 is 14.3 Å². The molecule has 2 heterocycles. The Bertz CT molecular complexity index is 810. The van der Waals surface area contributed by atoms with Crippen molar-refractivity contribution >= 4 is 23.6 Å². The molecule has 2 aromatic rings. The molecule has 0 spiro atoms. The molecule has 1 aromatic heterocycles. The van der Waals surface area contributed by atoms with Crippen LogP contribution in [-0.2, 0) is 24.2 Å². The number of hydrogen-bond donors (Lipinski definition) is 1. The van der Waals surface area contributed by atoms with Crippen LogP contribution in [0.1, 0.15) is 27.0 Å². The first-order chi connectivity index (χ1) is 12.1. The molecule has 6 nitrogen and oxygen atoms in total. The highest BCUT2D eigenvalue weighted by Gasteiger charge is 2.25. The van der Waals surface area contributed by atoms with Crippen LogP contribution in [0.15, 0.2) is 36.7 Å². The Balaban J connectivity index is 1.73. The van der Waals surface area contributed by atoms with Gasteiger partial charge >= 0.3 is 6.09 Å². The molecule has 0 saturated heterocycles. The van der Waals surface area contributed by atoms with E-state index < -0.39 is 0 Å². The zero-order valence-corrected chi connectivity index (χ0v) is 14.5. The summed E-state index contributed by atoms with van der Waals surface area (Å²) in [4.78, 5) is 30.0. The van der Waals surface area contributed by atoms with Crippen LogP contribution in [0, 0.1) is 0 Å². The minimum atomic E-state index is -0.374. The molecule has 0 unspecified atom stereocenters. The number of methoxy groups -OCH3 is 1. The van der Waals surface area contributed by atoms with Gasteiger partial charge in [0.15, 0.2) is 0 Å². The second kappa shape index (κ2) is 7.53. The molecule has 1 aromatic carbocycles. The van der Waals surface area contributed by atoms with E-state index >= 15 is 0 Å². The maximum absolute atomic E-state index is 12.6. The minimum Gasteiger partial charge on any atom is -0.453 e. The highest BCUT2D eigenvalue weighted by molar-refractivity contribution is 6.30. The molecule has 7 heteroatoms. The summed E-state index contributed by atoms with van der Waals surface area (Å²) in [5.41, 5.74) is 3.27. The standard InChI is InChI=1S/C18H18ClN3O3/c1-25-18(24)22-6-5-15-13(11-22)9-20-10-16(15)17(23)21-8-12-3-2-4-14(19)7-12/h2-4,7,9-10H,5-6,8,11H2,1H3,(H,21,23). The van der Waals surface area contributed by atoms with Gasteiger partial charge in [-0.3, -0.25) is 9.78 Å². The summed E-state index contributed by atoms with van der Waals surface area (Å²) in [7, 11) is 1.36. The first-order valence-electron chi connectivity index (χ1n) is 7.89. The van der Waals surface area contributed by atoms with Crippen molar-refractivity contribution in [2.24, 2.45) is 0 Å². The summed E-state index contributed by atoms with van der Waals surface area (Å²) in [6.45, 7) is 1.29. The molecule has 1 N–H and O–H groups in total. The summed E-state index contributed by atoms with van der Waals surface area (Å²) in [6, 6.07) is 7.35. The molecular formula is C18H18ClN3O3. The lowest BCUT2D eigenvalue weighted by Gasteiger charge is -2.28. The highest BCUT2D eigenvalue weighted by atomic mass is 35.5. The zero-order valence-electron chi connectivity index (χ0n) is 13.8. The second-order valence-corrected chi connectivity index (χ2v) is 6.22. The van der Waals surface area contributed by atoms with Crippen LogP contribution >= 0.6 is 11.6 Å². The van der Waals surface area contributed by atoms with E-state index in [4.69, 9.17) is 16.3 Å². The molecule has 0 aliphatic carbocycles. The molecule has 0 fully saturated rings. The van der Waals surface area contributed by atoms with Gasteiger partial charge in [-0.15, -0.1) is 0 Å². The number of halogens is 1. The van der Waals surface area contributed by atoms with E-state index in [2.05, 4.69) is 10.3 Å². The molecule has 2 amide bonds. The Morgan fingerprint density at radius 2 is 2.20 bits per heavy atom. The van der Waals surface area contributed by atoms with Crippen LogP contribution < -0.4 is 5.32 Å². The van der Waals surface area contributed by atoms with Crippen molar-refractivity contribution in [1.29, 1.82) is 0 Å². The summed E-state index contributed by atoms with van der Waals surface area (Å²) >= 11 is 5.96. The topological polar surface area (TPSA) is 71.5 Å². The molecular weight excluding hydrogens is 342 g/mol. The third-order valence-corrected chi connectivity index (χ3v) is 4.39. The number of nitrogens with zero attached hydrogens (tertiary/aromatic N) is 2. The molecule has 1 aliphatic heterocycles. The van der Waals surface area contributed by atoms with Crippen LogP contribution in [0.4, 0.5) is 4.79 Å². The van der Waals surface area contributed by atoms with Crippen LogP contribution in [0.2, 0.25) is 5.02 Å². The Kier molecular flexibility index (Phi) is 5.19. The molecule has 25 heavy (non-hydrogen) atoms. The SMILES string of the molecule is COC(=O)N1CCc2c(cncc2C(=O)NCc2cccc(Cl)c2)C1. The van der Waals surface area contributed by atoms with Crippen molar-refractivity contribution in [3.63, 3.8) is 0 Å². The fraction of sp³-hybridized carbons (Fsp3) is 0.278. The van der Waals surface area contributed by atoms with Crippen molar-refractivity contribution in [2.45, 2.75) is 19.5 Å². The number of ether oxygens (including phenoxy) is 1. The Morgan fingerprint density at radius 1 is 1.36 bits per heavy atom. The van der Waals surface area contributed by atoms with Gasteiger partial charge in [0.05, 0.1) is 19.2 Å². The quantitative estimate of drug-likeness (QED) is 0.914. The van der Waals surface area contributed by atoms with Crippen LogP contribution in [0.25, 0.3) is 0 Å². The van der Waals surface area contributed by atoms with E-state index in [9.17, 15) is 9.59 Å². The average molecular weight is 360 g/mol. The van der Waals surface area contributed by atoms with Crippen molar-refractivity contribution in [3.8, 4) is 0 Å². The van der Waals surface area contributed by atoms with E-state index in [0.717, 1.165) is 16.7 Å². The van der Waals surface area contributed by atoms with E-state index in [0.29, 0.717) is 36.6 Å². The first-order valence-corrected chi connectivity index (χ1v) is 8.27. The zero-order chi connectivity index (χ0) is 17.8. The third kappa shape index (κ3) is 3.91. The van der Waals surface area contributed by atoms with Crippen LogP contribution in [0.5, 0.6) is 0 Å². The number of amides is 2. The monoisotopic (exact) mass is 359 g/mol. The average Bonchev–Trinajstić information content (AvgIpc) is 2.64. The number of carbonyl (C=O) groups excluding carboxylic acids is 2. The van der Waals surface area contributed by atoms with Gasteiger partial charge in [0.25, 0.3) is 5.91 Å². The Morgan fingerprint density at radius 3 is 2.96 bits per heavy atom. The molecule has 3 rings (SSSR count). The third-order valence-electron chi connectivity index (χ3n) is 4.16. The maximum atomic E-state index is 12.6. The molecule has 0 bridgehead atoms. The summed E-state index contributed by atoms with van der Waals surface area (Å²) in [5.74, 6) is -0.184. The number of carbonyl (C=O) groups is 2. The summed E-state index contributed by atoms with van der Waals surface area (Å²) < 4.78 is 4.76. The van der Waals surface area contributed by atoms with E-state index in [1.165, 1.54) is 7.11 Å². The van der Waals surface area contributed by atoms with Gasteiger partial charge in [0, 0.05) is 30.5 Å². The van der Waals surface area contributed by atoms with Crippen molar-refractivity contribution in [3.05, 3.63) is 63.9 Å². The van der Waals surface area contributed by atoms with E-state index in [-0.39, 0.29) is 12.0 Å². The second-order valence-electron chi connectivity index (χ2n) is 5.78. The smallest absolute Gasteiger partial charge is 0.409 e. The molecule has 130 valence electrons. The largest absolute Gasteiger partial charge is 0.453 e. The number of pyridine rings is 1. The number of fused-ring (bicyclic) bond motifs is 1. The summed E-state index contributed by atoms with van der Waals surface area (Å²) in [5, 5.41) is 3.53. The molecule has 0 radical (unpaired) electrons. The number of rotatable bonds is 3. The van der Waals surface area contributed by atoms with Crippen molar-refractivity contribution in [2.75, 3.05) is 13.7 Å². The predicted octanol–water partition coefficient (Wildman–Crippen LogP) is 2.79. The summed E-state index contributed by atoms with van der Waals surface area (Å²) in [6.07, 6.45) is 3.48. The molecule has 0 saturated carbocycles. The van der Waals surface area contributed by atoms with Gasteiger partial charge in [-0.1, -0.05) is 23.7 Å². The number of hydrogen-bond acceptors (Lipinski definition) is 4. The van der Waals surface area contributed by atoms with Crippen LogP contribution in [-0.4, -0.2) is 35.5 Å². The van der Waals surface area contributed by atoms with Gasteiger partial charge in [0.2, 0.25) is 0 Å². The first kappa shape index (κ1) is 17.2. The van der Waals surface area contributed by atoms with E-state index in [1.54, 1.807) is 23.4 Å². The highest BCUT2D eigenvalue weighted by Crippen LogP contribution is 2.22. The Labute approximate surface area is 150 Å². The number of benzene rings is 1. The lowest BCUT2D eigenvalue weighted by atomic mass is 9.97. The normalized spacial score (nSPS) is 13.1. The lowest BCUT2D eigenvalue weighted by Crippen LogP contribution is -2.37.